The van der Waals surface area contributed by atoms with Crippen molar-refractivity contribution in [3.63, 3.8) is 0 Å². The standard InChI is InChI=1S/C14H22N6O/c1-10-7-19(3)17-11(10)8-18(2)14(21)12-9-20-5-4-15-6-13(20)16-12/h9-10,15H,4-8H2,1-3H3. The van der Waals surface area contributed by atoms with Gasteiger partial charge in [-0.1, -0.05) is 6.92 Å². The smallest absolute Gasteiger partial charge is 0.274 e. The van der Waals surface area contributed by atoms with Crippen LogP contribution in [0.3, 0.4) is 0 Å². The fraction of sp³-hybridized carbons (Fsp3) is 0.643. The summed E-state index contributed by atoms with van der Waals surface area (Å²) >= 11 is 0. The quantitative estimate of drug-likeness (QED) is 0.851. The lowest BCUT2D eigenvalue weighted by Gasteiger charge is -2.17. The van der Waals surface area contributed by atoms with Gasteiger partial charge in [-0.05, 0) is 0 Å². The number of aromatic nitrogens is 2. The third-order valence-electron chi connectivity index (χ3n) is 4.04. The highest BCUT2D eigenvalue weighted by molar-refractivity contribution is 5.97. The van der Waals surface area contributed by atoms with Gasteiger partial charge in [0.1, 0.15) is 11.5 Å². The van der Waals surface area contributed by atoms with Gasteiger partial charge in [0.15, 0.2) is 0 Å². The average Bonchev–Trinajstić information content (AvgIpc) is 3.01. The number of carbonyl (C=O) groups is 1. The molecule has 0 aromatic carbocycles. The van der Waals surface area contributed by atoms with E-state index in [1.807, 2.05) is 25.3 Å². The Morgan fingerprint density at radius 2 is 2.38 bits per heavy atom. The normalized spacial score (nSPS) is 21.2. The van der Waals surface area contributed by atoms with Gasteiger partial charge in [-0.2, -0.15) is 5.10 Å². The van der Waals surface area contributed by atoms with Crippen LogP contribution in [0.4, 0.5) is 0 Å². The second-order valence-corrected chi connectivity index (χ2v) is 5.91. The zero-order valence-electron chi connectivity index (χ0n) is 12.8. The maximum absolute atomic E-state index is 12.5. The van der Waals surface area contributed by atoms with Gasteiger partial charge >= 0.3 is 0 Å². The highest BCUT2D eigenvalue weighted by Gasteiger charge is 2.25. The second kappa shape index (κ2) is 5.48. The first-order chi connectivity index (χ1) is 10.0. The van der Waals surface area contributed by atoms with Crippen LogP contribution in [0, 0.1) is 5.92 Å². The number of carbonyl (C=O) groups excluding carboxylic acids is 1. The van der Waals surface area contributed by atoms with Gasteiger partial charge in [0.25, 0.3) is 5.91 Å². The lowest BCUT2D eigenvalue weighted by Crippen LogP contribution is -2.34. The van der Waals surface area contributed by atoms with Crippen molar-refractivity contribution in [1.82, 2.24) is 24.8 Å². The van der Waals surface area contributed by atoms with E-state index in [9.17, 15) is 4.79 Å². The number of amides is 1. The molecule has 1 aromatic heterocycles. The SMILES string of the molecule is CC1CN(C)N=C1CN(C)C(=O)c1cn2c(n1)CNCC2. The third kappa shape index (κ3) is 2.78. The van der Waals surface area contributed by atoms with Gasteiger partial charge < -0.3 is 14.8 Å². The Kier molecular flexibility index (Phi) is 3.67. The molecular formula is C14H22N6O. The van der Waals surface area contributed by atoms with E-state index in [0.717, 1.165) is 37.7 Å². The Morgan fingerprint density at radius 3 is 3.05 bits per heavy atom. The largest absolute Gasteiger partial charge is 0.335 e. The topological polar surface area (TPSA) is 65.8 Å². The maximum Gasteiger partial charge on any atom is 0.274 e. The van der Waals surface area contributed by atoms with Crippen molar-refractivity contribution in [2.75, 3.05) is 33.7 Å². The molecule has 0 bridgehead atoms. The van der Waals surface area contributed by atoms with Gasteiger partial charge in [-0.15, -0.1) is 0 Å². The summed E-state index contributed by atoms with van der Waals surface area (Å²) in [6, 6.07) is 0. The average molecular weight is 290 g/mol. The Morgan fingerprint density at radius 1 is 1.57 bits per heavy atom. The molecule has 3 rings (SSSR count). The van der Waals surface area contributed by atoms with E-state index in [0.29, 0.717) is 18.2 Å². The number of nitrogens with zero attached hydrogens (tertiary/aromatic N) is 5. The van der Waals surface area contributed by atoms with Crippen LogP contribution in [-0.2, 0) is 13.1 Å². The fourth-order valence-corrected chi connectivity index (χ4v) is 2.85. The fourth-order valence-electron chi connectivity index (χ4n) is 2.85. The maximum atomic E-state index is 12.5. The predicted molar refractivity (Wildman–Crippen MR) is 80.1 cm³/mol. The van der Waals surface area contributed by atoms with E-state index >= 15 is 0 Å². The van der Waals surface area contributed by atoms with E-state index < -0.39 is 0 Å². The van der Waals surface area contributed by atoms with Gasteiger partial charge in [-0.25, -0.2) is 4.98 Å². The summed E-state index contributed by atoms with van der Waals surface area (Å²) in [4.78, 5) is 18.6. The first-order valence-electron chi connectivity index (χ1n) is 7.35. The Labute approximate surface area is 124 Å². The Bertz CT molecular complexity index is 555. The number of nitrogens with one attached hydrogen (secondary N) is 1. The minimum atomic E-state index is -0.0404. The number of imidazole rings is 1. The molecule has 0 spiro atoms. The van der Waals surface area contributed by atoms with Crippen molar-refractivity contribution >= 4 is 11.6 Å². The zero-order chi connectivity index (χ0) is 15.0. The van der Waals surface area contributed by atoms with Crippen LogP contribution >= 0.6 is 0 Å². The molecule has 2 aliphatic rings. The minimum Gasteiger partial charge on any atom is -0.335 e. The predicted octanol–water partition coefficient (Wildman–Crippen LogP) is -0.00420. The number of fused-ring (bicyclic) bond motifs is 1. The summed E-state index contributed by atoms with van der Waals surface area (Å²) in [5, 5.41) is 9.66. The van der Waals surface area contributed by atoms with Crippen LogP contribution in [-0.4, -0.2) is 64.8 Å². The zero-order valence-corrected chi connectivity index (χ0v) is 12.8. The highest BCUT2D eigenvalue weighted by Crippen LogP contribution is 2.13. The lowest BCUT2D eigenvalue weighted by molar-refractivity contribution is 0.0808. The van der Waals surface area contributed by atoms with E-state index in [2.05, 4.69) is 26.9 Å². The van der Waals surface area contributed by atoms with Crippen LogP contribution in [0.1, 0.15) is 23.2 Å². The lowest BCUT2D eigenvalue weighted by atomic mass is 10.1. The highest BCUT2D eigenvalue weighted by atomic mass is 16.2. The molecule has 1 unspecified atom stereocenters. The number of hydrogen-bond donors (Lipinski definition) is 1. The molecule has 0 saturated heterocycles. The molecular weight excluding hydrogens is 268 g/mol. The van der Waals surface area contributed by atoms with Gasteiger partial charge in [0.05, 0.1) is 18.8 Å². The molecule has 1 aromatic rings. The van der Waals surface area contributed by atoms with E-state index in [1.165, 1.54) is 0 Å². The Hall–Kier alpha value is -1.89. The molecule has 0 fully saturated rings. The monoisotopic (exact) mass is 290 g/mol. The van der Waals surface area contributed by atoms with Crippen molar-refractivity contribution in [2.24, 2.45) is 11.0 Å². The summed E-state index contributed by atoms with van der Waals surface area (Å²) in [7, 11) is 3.77. The molecule has 114 valence electrons. The summed E-state index contributed by atoms with van der Waals surface area (Å²) < 4.78 is 2.06. The molecule has 21 heavy (non-hydrogen) atoms. The Balaban J connectivity index is 1.70. The summed E-state index contributed by atoms with van der Waals surface area (Å²) in [6.07, 6.45) is 1.86. The van der Waals surface area contributed by atoms with Crippen LogP contribution in [0.5, 0.6) is 0 Å². The molecule has 1 atom stereocenters. The van der Waals surface area contributed by atoms with Gasteiger partial charge in [0.2, 0.25) is 0 Å². The molecule has 1 amide bonds. The molecule has 1 N–H and O–H groups in total. The third-order valence-corrected chi connectivity index (χ3v) is 4.04. The number of hydrazone groups is 1. The van der Waals surface area contributed by atoms with E-state index in [-0.39, 0.29) is 5.91 Å². The first-order valence-corrected chi connectivity index (χ1v) is 7.35. The van der Waals surface area contributed by atoms with E-state index in [1.54, 1.807) is 4.90 Å². The summed E-state index contributed by atoms with van der Waals surface area (Å²) in [5.74, 6) is 1.29. The van der Waals surface area contributed by atoms with E-state index in [4.69, 9.17) is 0 Å². The van der Waals surface area contributed by atoms with Gasteiger partial charge in [0, 0.05) is 45.8 Å². The van der Waals surface area contributed by atoms with Crippen molar-refractivity contribution in [3.8, 4) is 0 Å². The van der Waals surface area contributed by atoms with Crippen LogP contribution in [0.15, 0.2) is 11.3 Å². The van der Waals surface area contributed by atoms with Crippen molar-refractivity contribution < 1.29 is 4.79 Å². The van der Waals surface area contributed by atoms with Crippen LogP contribution < -0.4 is 5.32 Å². The molecule has 2 aliphatic heterocycles. The van der Waals surface area contributed by atoms with Crippen LogP contribution in [0.25, 0.3) is 0 Å². The molecule has 7 heteroatoms. The molecule has 0 radical (unpaired) electrons. The first kappa shape index (κ1) is 14.1. The van der Waals surface area contributed by atoms with Gasteiger partial charge in [-0.3, -0.25) is 9.80 Å². The van der Waals surface area contributed by atoms with Crippen molar-refractivity contribution in [2.45, 2.75) is 20.0 Å². The summed E-state index contributed by atoms with van der Waals surface area (Å²) in [5.41, 5.74) is 1.58. The molecule has 0 saturated carbocycles. The van der Waals surface area contributed by atoms with Crippen LogP contribution in [0.2, 0.25) is 0 Å². The van der Waals surface area contributed by atoms with Crippen molar-refractivity contribution in [3.05, 3.63) is 17.7 Å². The summed E-state index contributed by atoms with van der Waals surface area (Å²) in [6.45, 7) is 6.14. The molecule has 3 heterocycles. The second-order valence-electron chi connectivity index (χ2n) is 5.91. The minimum absolute atomic E-state index is 0.0404. The molecule has 0 aliphatic carbocycles. The van der Waals surface area contributed by atoms with Crippen molar-refractivity contribution in [1.29, 1.82) is 0 Å². The number of rotatable bonds is 3. The number of hydrogen-bond acceptors (Lipinski definition) is 5. The molecule has 7 nitrogen and oxygen atoms in total.